The van der Waals surface area contributed by atoms with E-state index in [4.69, 9.17) is 0 Å². The third-order valence-electron chi connectivity index (χ3n) is 3.75. The molecule has 0 spiro atoms. The summed E-state index contributed by atoms with van der Waals surface area (Å²) in [6, 6.07) is 12.6. The molecule has 22 heavy (non-hydrogen) atoms. The molecule has 2 rings (SSSR count). The molecule has 4 heteroatoms. The van der Waals surface area contributed by atoms with Gasteiger partial charge in [0.25, 0.3) is 0 Å². The zero-order valence-electron chi connectivity index (χ0n) is 12.8. The first-order valence-corrected chi connectivity index (χ1v) is 7.57. The second kappa shape index (κ2) is 7.71. The Morgan fingerprint density at radius 1 is 0.864 bits per heavy atom. The minimum absolute atomic E-state index is 0.0714. The predicted molar refractivity (Wildman–Crippen MR) is 87.4 cm³/mol. The van der Waals surface area contributed by atoms with E-state index in [0.717, 1.165) is 31.4 Å². The highest BCUT2D eigenvalue weighted by Gasteiger charge is 2.04. The van der Waals surface area contributed by atoms with Crippen molar-refractivity contribution in [2.45, 2.75) is 32.2 Å². The summed E-state index contributed by atoms with van der Waals surface area (Å²) in [5, 5.41) is 31.4. The normalized spacial score (nSPS) is 12.2. The molecular weight excluding hydrogens is 278 g/mol. The fourth-order valence-corrected chi connectivity index (χ4v) is 2.34. The summed E-state index contributed by atoms with van der Waals surface area (Å²) < 4.78 is 0. The molecule has 0 amide bonds. The lowest BCUT2D eigenvalue weighted by molar-refractivity contribution is 0.403. The molecule has 0 saturated heterocycles. The Morgan fingerprint density at radius 3 is 2.23 bits per heavy atom. The Morgan fingerprint density at radius 2 is 1.55 bits per heavy atom. The van der Waals surface area contributed by atoms with Gasteiger partial charge in [-0.2, -0.15) is 0 Å². The van der Waals surface area contributed by atoms with Crippen LogP contribution in [0.3, 0.4) is 0 Å². The van der Waals surface area contributed by atoms with Crippen LogP contribution in [0.15, 0.2) is 42.5 Å². The summed E-state index contributed by atoms with van der Waals surface area (Å²) in [6.07, 6.45) is 2.79. The van der Waals surface area contributed by atoms with E-state index in [9.17, 15) is 15.3 Å². The van der Waals surface area contributed by atoms with Crippen LogP contribution >= 0.6 is 0 Å². The van der Waals surface area contributed by atoms with Crippen LogP contribution in [0.2, 0.25) is 0 Å². The standard InChI is InChI=1S/C18H23NO3/c1-13(2-3-14-4-7-16(20)8-5-14)19-11-10-15-6-9-17(21)18(22)12-15/h4-9,12-13,19-22H,2-3,10-11H2,1H3/t13-/m0/s1. The minimum Gasteiger partial charge on any atom is -0.508 e. The van der Waals surface area contributed by atoms with Gasteiger partial charge in [0.15, 0.2) is 11.5 Å². The van der Waals surface area contributed by atoms with E-state index in [1.807, 2.05) is 18.2 Å². The topological polar surface area (TPSA) is 72.7 Å². The van der Waals surface area contributed by atoms with E-state index in [2.05, 4.69) is 12.2 Å². The molecule has 0 aliphatic heterocycles. The van der Waals surface area contributed by atoms with Crippen LogP contribution in [0.5, 0.6) is 17.2 Å². The molecule has 0 aromatic heterocycles. The predicted octanol–water partition coefficient (Wildman–Crippen LogP) is 2.96. The number of hydrogen-bond acceptors (Lipinski definition) is 4. The van der Waals surface area contributed by atoms with Crippen LogP contribution in [-0.2, 0) is 12.8 Å². The van der Waals surface area contributed by atoms with Gasteiger partial charge in [0.05, 0.1) is 0 Å². The molecule has 4 N–H and O–H groups in total. The fourth-order valence-electron chi connectivity index (χ4n) is 2.34. The van der Waals surface area contributed by atoms with Gasteiger partial charge < -0.3 is 20.6 Å². The first-order chi connectivity index (χ1) is 10.5. The van der Waals surface area contributed by atoms with Crippen molar-refractivity contribution in [3.05, 3.63) is 53.6 Å². The maximum atomic E-state index is 9.45. The number of hydrogen-bond donors (Lipinski definition) is 4. The molecule has 0 heterocycles. The van der Waals surface area contributed by atoms with Gasteiger partial charge in [-0.05, 0) is 68.1 Å². The Bertz CT molecular complexity index is 596. The van der Waals surface area contributed by atoms with Gasteiger partial charge in [-0.1, -0.05) is 18.2 Å². The average molecular weight is 301 g/mol. The van der Waals surface area contributed by atoms with Crippen molar-refractivity contribution in [2.75, 3.05) is 6.54 Å². The van der Waals surface area contributed by atoms with Crippen LogP contribution in [-0.4, -0.2) is 27.9 Å². The first kappa shape index (κ1) is 16.2. The maximum absolute atomic E-state index is 9.45. The lowest BCUT2D eigenvalue weighted by Gasteiger charge is -2.14. The number of phenolic OH excluding ortho intramolecular Hbond substituents is 3. The van der Waals surface area contributed by atoms with E-state index in [0.29, 0.717) is 11.8 Å². The van der Waals surface area contributed by atoms with Crippen molar-refractivity contribution < 1.29 is 15.3 Å². The molecule has 0 radical (unpaired) electrons. The van der Waals surface area contributed by atoms with E-state index >= 15 is 0 Å². The summed E-state index contributed by atoms with van der Waals surface area (Å²) in [7, 11) is 0. The minimum atomic E-state index is -0.0843. The maximum Gasteiger partial charge on any atom is 0.157 e. The van der Waals surface area contributed by atoms with E-state index in [1.165, 1.54) is 11.6 Å². The lowest BCUT2D eigenvalue weighted by atomic mass is 10.1. The van der Waals surface area contributed by atoms with Crippen molar-refractivity contribution in [2.24, 2.45) is 0 Å². The molecule has 0 aliphatic carbocycles. The average Bonchev–Trinajstić information content (AvgIpc) is 2.50. The van der Waals surface area contributed by atoms with Crippen molar-refractivity contribution in [3.63, 3.8) is 0 Å². The quantitative estimate of drug-likeness (QED) is 0.593. The van der Waals surface area contributed by atoms with Gasteiger partial charge >= 0.3 is 0 Å². The molecule has 2 aromatic rings. The molecular formula is C18H23NO3. The zero-order chi connectivity index (χ0) is 15.9. The Balaban J connectivity index is 1.70. The molecule has 118 valence electrons. The number of aryl methyl sites for hydroxylation is 1. The number of phenols is 3. The zero-order valence-corrected chi connectivity index (χ0v) is 12.8. The van der Waals surface area contributed by atoms with Crippen molar-refractivity contribution in [1.82, 2.24) is 5.32 Å². The third kappa shape index (κ3) is 4.97. The SMILES string of the molecule is C[C@@H](CCc1ccc(O)cc1)NCCc1ccc(O)c(O)c1. The van der Waals surface area contributed by atoms with Gasteiger partial charge in [0, 0.05) is 6.04 Å². The van der Waals surface area contributed by atoms with Gasteiger partial charge in [-0.3, -0.25) is 0 Å². The second-order valence-electron chi connectivity index (χ2n) is 5.63. The summed E-state index contributed by atoms with van der Waals surface area (Å²) in [4.78, 5) is 0. The summed E-state index contributed by atoms with van der Waals surface area (Å²) >= 11 is 0. The van der Waals surface area contributed by atoms with Gasteiger partial charge in [0.2, 0.25) is 0 Å². The summed E-state index contributed by atoms with van der Waals surface area (Å²) in [5.41, 5.74) is 2.21. The largest absolute Gasteiger partial charge is 0.508 e. The number of rotatable bonds is 7. The highest BCUT2D eigenvalue weighted by molar-refractivity contribution is 5.40. The van der Waals surface area contributed by atoms with Crippen LogP contribution in [0.25, 0.3) is 0 Å². The van der Waals surface area contributed by atoms with E-state index < -0.39 is 0 Å². The molecule has 0 saturated carbocycles. The van der Waals surface area contributed by atoms with Crippen LogP contribution in [0, 0.1) is 0 Å². The van der Waals surface area contributed by atoms with Crippen LogP contribution < -0.4 is 5.32 Å². The van der Waals surface area contributed by atoms with Crippen molar-refractivity contribution >= 4 is 0 Å². The monoisotopic (exact) mass is 301 g/mol. The van der Waals surface area contributed by atoms with Gasteiger partial charge in [-0.15, -0.1) is 0 Å². The molecule has 0 unspecified atom stereocenters. The number of benzene rings is 2. The highest BCUT2D eigenvalue weighted by Crippen LogP contribution is 2.24. The van der Waals surface area contributed by atoms with Crippen LogP contribution in [0.1, 0.15) is 24.5 Å². The fraction of sp³-hybridized carbons (Fsp3) is 0.333. The Labute approximate surface area is 131 Å². The molecule has 0 fully saturated rings. The number of aromatic hydroxyl groups is 3. The van der Waals surface area contributed by atoms with Gasteiger partial charge in [-0.25, -0.2) is 0 Å². The third-order valence-corrected chi connectivity index (χ3v) is 3.75. The molecule has 0 aliphatic rings. The van der Waals surface area contributed by atoms with Crippen LogP contribution in [0.4, 0.5) is 0 Å². The molecule has 1 atom stereocenters. The van der Waals surface area contributed by atoms with Crippen molar-refractivity contribution in [3.8, 4) is 17.2 Å². The van der Waals surface area contributed by atoms with Crippen molar-refractivity contribution in [1.29, 1.82) is 0 Å². The van der Waals surface area contributed by atoms with E-state index in [1.54, 1.807) is 18.2 Å². The Hall–Kier alpha value is -2.20. The summed E-state index contributed by atoms with van der Waals surface area (Å²) in [5.74, 6) is 0.143. The lowest BCUT2D eigenvalue weighted by Crippen LogP contribution is -2.28. The smallest absolute Gasteiger partial charge is 0.157 e. The van der Waals surface area contributed by atoms with Gasteiger partial charge in [0.1, 0.15) is 5.75 Å². The van der Waals surface area contributed by atoms with E-state index in [-0.39, 0.29) is 11.5 Å². The highest BCUT2D eigenvalue weighted by atomic mass is 16.3. The Kier molecular flexibility index (Phi) is 5.67. The molecule has 4 nitrogen and oxygen atoms in total. The molecule has 0 bridgehead atoms. The number of nitrogens with one attached hydrogen (secondary N) is 1. The molecule has 2 aromatic carbocycles. The second-order valence-corrected chi connectivity index (χ2v) is 5.63. The summed E-state index contributed by atoms with van der Waals surface area (Å²) in [6.45, 7) is 2.97. The first-order valence-electron chi connectivity index (χ1n) is 7.57.